The van der Waals surface area contributed by atoms with E-state index in [9.17, 15) is 0 Å². The van der Waals surface area contributed by atoms with Crippen molar-refractivity contribution in [2.24, 2.45) is 5.92 Å². The quantitative estimate of drug-likeness (QED) is 0.471. The first-order valence-electron chi connectivity index (χ1n) is 10.9. The highest BCUT2D eigenvalue weighted by molar-refractivity contribution is 6.42. The van der Waals surface area contributed by atoms with Crippen LogP contribution in [0, 0.1) is 5.92 Å². The summed E-state index contributed by atoms with van der Waals surface area (Å²) < 4.78 is 0. The number of aromatic nitrogens is 2. The molecule has 1 fully saturated rings. The highest BCUT2D eigenvalue weighted by Crippen LogP contribution is 2.29. The zero-order chi connectivity index (χ0) is 21.8. The number of para-hydroxylation sites is 1. The van der Waals surface area contributed by atoms with E-state index in [1.165, 1.54) is 12.8 Å². The van der Waals surface area contributed by atoms with Crippen molar-refractivity contribution in [1.29, 1.82) is 0 Å². The van der Waals surface area contributed by atoms with Crippen LogP contribution in [0.2, 0.25) is 10.0 Å². The number of hydrogen-bond donors (Lipinski definition) is 2. The van der Waals surface area contributed by atoms with Crippen LogP contribution < -0.4 is 15.5 Å². The zero-order valence-electron chi connectivity index (χ0n) is 18.0. The summed E-state index contributed by atoms with van der Waals surface area (Å²) >= 11 is 12.4. The van der Waals surface area contributed by atoms with Crippen molar-refractivity contribution in [3.63, 3.8) is 0 Å². The second-order valence-corrected chi connectivity index (χ2v) is 9.27. The molecule has 5 nitrogen and oxygen atoms in total. The van der Waals surface area contributed by atoms with Crippen molar-refractivity contribution >= 4 is 45.9 Å². The van der Waals surface area contributed by atoms with Crippen molar-refractivity contribution in [2.75, 3.05) is 30.9 Å². The van der Waals surface area contributed by atoms with Crippen LogP contribution in [0.1, 0.15) is 31.2 Å². The van der Waals surface area contributed by atoms with Crippen molar-refractivity contribution in [1.82, 2.24) is 15.3 Å². The Bertz CT molecular complexity index is 1030. The molecular weight excluding hydrogens is 429 g/mol. The van der Waals surface area contributed by atoms with E-state index in [2.05, 4.69) is 16.7 Å². The molecule has 0 atom stereocenters. The number of hydrogen-bond acceptors (Lipinski definition) is 5. The average molecular weight is 458 g/mol. The van der Waals surface area contributed by atoms with Gasteiger partial charge in [0.25, 0.3) is 0 Å². The lowest BCUT2D eigenvalue weighted by Gasteiger charge is -2.29. The molecule has 0 bridgehead atoms. The third kappa shape index (κ3) is 5.40. The second-order valence-electron chi connectivity index (χ2n) is 8.49. The summed E-state index contributed by atoms with van der Waals surface area (Å²) in [6.45, 7) is 1.74. The van der Waals surface area contributed by atoms with Gasteiger partial charge in [-0.2, -0.15) is 4.98 Å². The molecule has 0 amide bonds. The third-order valence-electron chi connectivity index (χ3n) is 5.97. The lowest BCUT2D eigenvalue weighted by atomic mass is 9.86. The van der Waals surface area contributed by atoms with Crippen LogP contribution in [0.15, 0.2) is 42.5 Å². The number of nitrogens with one attached hydrogen (secondary N) is 2. The molecule has 1 aromatic heterocycles. The molecule has 3 aromatic rings. The molecule has 0 radical (unpaired) electrons. The lowest BCUT2D eigenvalue weighted by molar-refractivity contribution is 0.324. The third-order valence-corrected chi connectivity index (χ3v) is 6.82. The second kappa shape index (κ2) is 10.0. The average Bonchev–Trinajstić information content (AvgIpc) is 2.77. The Morgan fingerprint density at radius 1 is 0.968 bits per heavy atom. The summed E-state index contributed by atoms with van der Waals surface area (Å²) in [6, 6.07) is 14.4. The maximum atomic E-state index is 6.28. The van der Waals surface area contributed by atoms with E-state index >= 15 is 0 Å². The highest BCUT2D eigenvalue weighted by atomic mass is 35.5. The molecule has 31 heavy (non-hydrogen) atoms. The molecule has 0 unspecified atom stereocenters. The van der Waals surface area contributed by atoms with Crippen molar-refractivity contribution < 1.29 is 0 Å². The van der Waals surface area contributed by atoms with Crippen LogP contribution in [0.25, 0.3) is 10.9 Å². The predicted octanol–water partition coefficient (Wildman–Crippen LogP) is 5.76. The van der Waals surface area contributed by atoms with Crippen molar-refractivity contribution in [3.05, 3.63) is 58.1 Å². The van der Waals surface area contributed by atoms with Gasteiger partial charge < -0.3 is 15.5 Å². The Hall–Kier alpha value is -2.08. The van der Waals surface area contributed by atoms with Crippen LogP contribution in [-0.2, 0) is 6.54 Å². The van der Waals surface area contributed by atoms with Gasteiger partial charge in [0.1, 0.15) is 5.82 Å². The van der Waals surface area contributed by atoms with Gasteiger partial charge in [0, 0.05) is 32.1 Å². The van der Waals surface area contributed by atoms with Gasteiger partial charge in [0.2, 0.25) is 5.95 Å². The number of rotatable bonds is 7. The minimum Gasteiger partial charge on any atom is -0.362 e. The summed E-state index contributed by atoms with van der Waals surface area (Å²) in [5.74, 6) is 2.34. The van der Waals surface area contributed by atoms with E-state index in [1.807, 2.05) is 55.4 Å². The molecule has 2 aromatic carbocycles. The van der Waals surface area contributed by atoms with Gasteiger partial charge >= 0.3 is 0 Å². The fourth-order valence-electron chi connectivity index (χ4n) is 4.25. The summed E-state index contributed by atoms with van der Waals surface area (Å²) in [4.78, 5) is 11.6. The number of benzene rings is 2. The largest absolute Gasteiger partial charge is 0.362 e. The molecule has 4 rings (SSSR count). The molecule has 1 heterocycles. The number of halogens is 2. The molecule has 0 aliphatic heterocycles. The fraction of sp³-hybridized carbons (Fsp3) is 0.417. The maximum Gasteiger partial charge on any atom is 0.225 e. The molecule has 1 aliphatic carbocycles. The summed E-state index contributed by atoms with van der Waals surface area (Å²) in [5, 5.41) is 9.47. The van der Waals surface area contributed by atoms with Gasteiger partial charge in [-0.25, -0.2) is 4.98 Å². The Kier molecular flexibility index (Phi) is 7.16. The fourth-order valence-corrected chi connectivity index (χ4v) is 4.64. The Morgan fingerprint density at radius 2 is 1.74 bits per heavy atom. The minimum atomic E-state index is 0.412. The van der Waals surface area contributed by atoms with Gasteiger partial charge in [-0.1, -0.05) is 47.5 Å². The Morgan fingerprint density at radius 3 is 2.52 bits per heavy atom. The van der Waals surface area contributed by atoms with Crippen LogP contribution in [0.4, 0.5) is 11.8 Å². The summed E-state index contributed by atoms with van der Waals surface area (Å²) in [6.07, 6.45) is 4.61. The van der Waals surface area contributed by atoms with Gasteiger partial charge in [0.05, 0.1) is 15.6 Å². The monoisotopic (exact) mass is 457 g/mol. The standard InChI is InChI=1S/C24H29Cl2N5/c1-31(2)23-19-7-3-4-9-21(19)29-24(30-23)28-18-12-10-16(11-13-18)14-27-15-17-6-5-8-20(25)22(17)26/h3-9,16,18,27H,10-15H2,1-2H3,(H,28,29,30). The van der Waals surface area contributed by atoms with E-state index in [-0.39, 0.29) is 0 Å². The minimum absolute atomic E-state index is 0.412. The van der Waals surface area contributed by atoms with Crippen molar-refractivity contribution in [3.8, 4) is 0 Å². The summed E-state index contributed by atoms with van der Waals surface area (Å²) in [5.41, 5.74) is 2.02. The number of fused-ring (bicyclic) bond motifs is 1. The van der Waals surface area contributed by atoms with E-state index in [1.54, 1.807) is 0 Å². The molecule has 1 saturated carbocycles. The molecule has 7 heteroatoms. The Balaban J connectivity index is 1.30. The lowest BCUT2D eigenvalue weighted by Crippen LogP contribution is -2.31. The topological polar surface area (TPSA) is 53.1 Å². The first-order valence-corrected chi connectivity index (χ1v) is 11.6. The first-order chi connectivity index (χ1) is 15.0. The molecule has 0 saturated heterocycles. The van der Waals surface area contributed by atoms with Gasteiger partial charge in [-0.05, 0) is 61.9 Å². The molecule has 164 valence electrons. The SMILES string of the molecule is CN(C)c1nc(NC2CCC(CNCc3cccc(Cl)c3Cl)CC2)nc2ccccc12. The van der Waals surface area contributed by atoms with Crippen LogP contribution in [0.5, 0.6) is 0 Å². The number of nitrogens with zero attached hydrogens (tertiary/aromatic N) is 3. The van der Waals surface area contributed by atoms with Crippen LogP contribution in [-0.4, -0.2) is 36.6 Å². The van der Waals surface area contributed by atoms with Crippen LogP contribution in [0.3, 0.4) is 0 Å². The molecule has 2 N–H and O–H groups in total. The van der Waals surface area contributed by atoms with E-state index in [0.29, 0.717) is 22.0 Å². The summed E-state index contributed by atoms with van der Waals surface area (Å²) in [7, 11) is 4.04. The van der Waals surface area contributed by atoms with E-state index < -0.39 is 0 Å². The molecular formula is C24H29Cl2N5. The predicted molar refractivity (Wildman–Crippen MR) is 131 cm³/mol. The van der Waals surface area contributed by atoms with E-state index in [4.69, 9.17) is 33.2 Å². The Labute approximate surface area is 194 Å². The molecule has 0 spiro atoms. The maximum absolute atomic E-state index is 6.28. The highest BCUT2D eigenvalue weighted by Gasteiger charge is 2.22. The van der Waals surface area contributed by atoms with Gasteiger partial charge in [0.15, 0.2) is 0 Å². The first kappa shape index (κ1) is 22.1. The van der Waals surface area contributed by atoms with Crippen LogP contribution >= 0.6 is 23.2 Å². The van der Waals surface area contributed by atoms with Gasteiger partial charge in [-0.15, -0.1) is 0 Å². The number of anilines is 2. The smallest absolute Gasteiger partial charge is 0.225 e. The van der Waals surface area contributed by atoms with Gasteiger partial charge in [-0.3, -0.25) is 0 Å². The molecule has 1 aliphatic rings. The zero-order valence-corrected chi connectivity index (χ0v) is 19.5. The normalized spacial score (nSPS) is 18.8. The van der Waals surface area contributed by atoms with E-state index in [0.717, 1.165) is 54.2 Å². The van der Waals surface area contributed by atoms with Crippen molar-refractivity contribution in [2.45, 2.75) is 38.3 Å².